The van der Waals surface area contributed by atoms with Gasteiger partial charge in [-0.05, 0) is 32.2 Å². The Bertz CT molecular complexity index is 347. The van der Waals surface area contributed by atoms with Crippen LogP contribution in [0.15, 0.2) is 23.1 Å². The van der Waals surface area contributed by atoms with E-state index in [9.17, 15) is 4.79 Å². The van der Waals surface area contributed by atoms with Crippen molar-refractivity contribution >= 4 is 17.5 Å². The first kappa shape index (κ1) is 12.1. The van der Waals surface area contributed by atoms with E-state index in [1.54, 1.807) is 18.7 Å². The molecule has 3 heteroatoms. The highest BCUT2D eigenvalue weighted by molar-refractivity contribution is 7.98. The van der Waals surface area contributed by atoms with Crippen LogP contribution in [-0.2, 0) is 11.2 Å². The number of ether oxygens (including phenoxy) is 1. The molecule has 0 spiro atoms. The van der Waals surface area contributed by atoms with Crippen molar-refractivity contribution in [2.24, 2.45) is 0 Å². The molecule has 0 fully saturated rings. The Morgan fingerprint density at radius 3 is 2.73 bits per heavy atom. The van der Waals surface area contributed by atoms with Crippen LogP contribution >= 0.6 is 11.8 Å². The lowest BCUT2D eigenvalue weighted by Crippen LogP contribution is -2.03. The summed E-state index contributed by atoms with van der Waals surface area (Å²) in [5, 5.41) is 0. The number of rotatable bonds is 5. The fourth-order valence-electron chi connectivity index (χ4n) is 1.45. The molecular formula is C12H16O2S. The van der Waals surface area contributed by atoms with Gasteiger partial charge >= 0.3 is 0 Å². The molecule has 1 aromatic carbocycles. The molecule has 82 valence electrons. The van der Waals surface area contributed by atoms with Gasteiger partial charge in [-0.15, -0.1) is 11.8 Å². The van der Waals surface area contributed by atoms with Gasteiger partial charge in [0, 0.05) is 16.9 Å². The highest BCUT2D eigenvalue weighted by Gasteiger charge is 2.10. The van der Waals surface area contributed by atoms with Crippen LogP contribution in [0.25, 0.3) is 0 Å². The minimum Gasteiger partial charge on any atom is -0.494 e. The first-order chi connectivity index (χ1) is 7.19. The SMILES string of the molecule is CCOc1cccc(SC)c1CC(C)=O. The number of carbonyl (C=O) groups is 1. The number of Topliss-reactive ketones (excluding diaryl/α,β-unsaturated/α-hetero) is 1. The molecule has 0 bridgehead atoms. The van der Waals surface area contributed by atoms with E-state index in [2.05, 4.69) is 0 Å². The van der Waals surface area contributed by atoms with Crippen LogP contribution in [0.3, 0.4) is 0 Å². The summed E-state index contributed by atoms with van der Waals surface area (Å²) >= 11 is 1.65. The third-order valence-electron chi connectivity index (χ3n) is 2.04. The number of hydrogen-bond donors (Lipinski definition) is 0. The second-order valence-electron chi connectivity index (χ2n) is 3.25. The highest BCUT2D eigenvalue weighted by atomic mass is 32.2. The zero-order valence-corrected chi connectivity index (χ0v) is 10.2. The molecule has 0 aromatic heterocycles. The van der Waals surface area contributed by atoms with Gasteiger partial charge in [0.1, 0.15) is 11.5 Å². The lowest BCUT2D eigenvalue weighted by Gasteiger charge is -2.12. The lowest BCUT2D eigenvalue weighted by atomic mass is 10.1. The van der Waals surface area contributed by atoms with E-state index in [1.807, 2.05) is 31.4 Å². The van der Waals surface area contributed by atoms with Crippen LogP contribution in [0.1, 0.15) is 19.4 Å². The fraction of sp³-hybridized carbons (Fsp3) is 0.417. The quantitative estimate of drug-likeness (QED) is 0.719. The van der Waals surface area contributed by atoms with E-state index >= 15 is 0 Å². The Kier molecular flexibility index (Phi) is 4.69. The van der Waals surface area contributed by atoms with Gasteiger partial charge in [0.05, 0.1) is 6.61 Å². The average Bonchev–Trinajstić information content (AvgIpc) is 2.20. The summed E-state index contributed by atoms with van der Waals surface area (Å²) in [6.45, 7) is 4.18. The molecule has 1 aromatic rings. The third-order valence-corrected chi connectivity index (χ3v) is 2.86. The van der Waals surface area contributed by atoms with Crippen LogP contribution in [-0.4, -0.2) is 18.6 Å². The molecule has 0 aliphatic rings. The zero-order valence-electron chi connectivity index (χ0n) is 9.37. The van der Waals surface area contributed by atoms with Crippen molar-refractivity contribution in [3.05, 3.63) is 23.8 Å². The second kappa shape index (κ2) is 5.81. The van der Waals surface area contributed by atoms with Crippen LogP contribution in [0, 0.1) is 0 Å². The molecule has 0 heterocycles. The Balaban J connectivity index is 3.08. The molecule has 1 rings (SSSR count). The first-order valence-corrected chi connectivity index (χ1v) is 6.19. The monoisotopic (exact) mass is 224 g/mol. The van der Waals surface area contributed by atoms with Gasteiger partial charge in [-0.3, -0.25) is 4.79 Å². The van der Waals surface area contributed by atoms with Gasteiger partial charge in [-0.25, -0.2) is 0 Å². The minimum absolute atomic E-state index is 0.164. The van der Waals surface area contributed by atoms with Crippen molar-refractivity contribution < 1.29 is 9.53 Å². The Morgan fingerprint density at radius 2 is 2.20 bits per heavy atom. The maximum absolute atomic E-state index is 11.2. The molecular weight excluding hydrogens is 208 g/mol. The van der Waals surface area contributed by atoms with Gasteiger partial charge in [0.2, 0.25) is 0 Å². The molecule has 0 aliphatic carbocycles. The maximum atomic E-state index is 11.2. The number of carbonyl (C=O) groups excluding carboxylic acids is 1. The molecule has 2 nitrogen and oxygen atoms in total. The Labute approximate surface area is 95.0 Å². The molecule has 0 N–H and O–H groups in total. The smallest absolute Gasteiger partial charge is 0.134 e. The van der Waals surface area contributed by atoms with E-state index in [0.717, 1.165) is 16.2 Å². The fourth-order valence-corrected chi connectivity index (χ4v) is 2.08. The number of ketones is 1. The van der Waals surface area contributed by atoms with Gasteiger partial charge in [0.25, 0.3) is 0 Å². The number of benzene rings is 1. The topological polar surface area (TPSA) is 26.3 Å². The van der Waals surface area contributed by atoms with E-state index in [0.29, 0.717) is 13.0 Å². The summed E-state index contributed by atoms with van der Waals surface area (Å²) in [6, 6.07) is 5.90. The summed E-state index contributed by atoms with van der Waals surface area (Å²) in [5.74, 6) is 0.997. The van der Waals surface area contributed by atoms with Crippen molar-refractivity contribution in [2.75, 3.05) is 12.9 Å². The Hall–Kier alpha value is -0.960. The van der Waals surface area contributed by atoms with Crippen molar-refractivity contribution in [2.45, 2.75) is 25.2 Å². The van der Waals surface area contributed by atoms with E-state index < -0.39 is 0 Å². The van der Waals surface area contributed by atoms with Gasteiger partial charge in [-0.1, -0.05) is 6.07 Å². The van der Waals surface area contributed by atoms with Crippen molar-refractivity contribution in [3.63, 3.8) is 0 Å². The normalized spacial score (nSPS) is 10.1. The minimum atomic E-state index is 0.164. The summed E-state index contributed by atoms with van der Waals surface area (Å²) in [5.41, 5.74) is 1.01. The summed E-state index contributed by atoms with van der Waals surface area (Å²) in [4.78, 5) is 12.3. The van der Waals surface area contributed by atoms with E-state index in [1.165, 1.54) is 0 Å². The summed E-state index contributed by atoms with van der Waals surface area (Å²) in [7, 11) is 0. The second-order valence-corrected chi connectivity index (χ2v) is 4.10. The van der Waals surface area contributed by atoms with Crippen molar-refractivity contribution in [3.8, 4) is 5.75 Å². The number of hydrogen-bond acceptors (Lipinski definition) is 3. The van der Waals surface area contributed by atoms with Gasteiger partial charge in [0.15, 0.2) is 0 Å². The van der Waals surface area contributed by atoms with Crippen LogP contribution in [0.5, 0.6) is 5.75 Å². The summed E-state index contributed by atoms with van der Waals surface area (Å²) < 4.78 is 5.51. The predicted molar refractivity (Wildman–Crippen MR) is 63.8 cm³/mol. The zero-order chi connectivity index (χ0) is 11.3. The molecule has 0 amide bonds. The van der Waals surface area contributed by atoms with Crippen LogP contribution < -0.4 is 4.74 Å². The van der Waals surface area contributed by atoms with E-state index in [-0.39, 0.29) is 5.78 Å². The predicted octanol–water partition coefficient (Wildman–Crippen LogP) is 2.94. The largest absolute Gasteiger partial charge is 0.494 e. The maximum Gasteiger partial charge on any atom is 0.134 e. The molecule has 0 aliphatic heterocycles. The van der Waals surface area contributed by atoms with E-state index in [4.69, 9.17) is 4.74 Å². The van der Waals surface area contributed by atoms with Crippen LogP contribution in [0.4, 0.5) is 0 Å². The third kappa shape index (κ3) is 3.27. The standard InChI is InChI=1S/C12H16O2S/c1-4-14-11-6-5-7-12(15-3)10(11)8-9(2)13/h5-7H,4,8H2,1-3H3. The highest BCUT2D eigenvalue weighted by Crippen LogP contribution is 2.29. The molecule has 0 radical (unpaired) electrons. The van der Waals surface area contributed by atoms with Crippen molar-refractivity contribution in [1.29, 1.82) is 0 Å². The molecule has 0 atom stereocenters. The van der Waals surface area contributed by atoms with Gasteiger partial charge < -0.3 is 4.74 Å². The van der Waals surface area contributed by atoms with Crippen LogP contribution in [0.2, 0.25) is 0 Å². The number of thioether (sulfide) groups is 1. The molecule has 15 heavy (non-hydrogen) atoms. The summed E-state index contributed by atoms with van der Waals surface area (Å²) in [6.07, 6.45) is 2.46. The average molecular weight is 224 g/mol. The molecule has 0 saturated carbocycles. The lowest BCUT2D eigenvalue weighted by molar-refractivity contribution is -0.116. The molecule has 0 saturated heterocycles. The Morgan fingerprint density at radius 1 is 1.47 bits per heavy atom. The molecule has 0 unspecified atom stereocenters. The van der Waals surface area contributed by atoms with Crippen molar-refractivity contribution in [1.82, 2.24) is 0 Å². The first-order valence-electron chi connectivity index (χ1n) is 4.97. The van der Waals surface area contributed by atoms with Gasteiger partial charge in [-0.2, -0.15) is 0 Å².